The van der Waals surface area contributed by atoms with Gasteiger partial charge in [-0.25, -0.2) is 12.8 Å². The first-order valence-electron chi connectivity index (χ1n) is 10.3. The van der Waals surface area contributed by atoms with Crippen molar-refractivity contribution in [3.63, 3.8) is 0 Å². The van der Waals surface area contributed by atoms with Crippen LogP contribution in [0.25, 0.3) is 22.0 Å². The molecule has 2 heterocycles. The number of hydrogen-bond donors (Lipinski definition) is 3. The number of rotatable bonds is 6. The fourth-order valence-corrected chi connectivity index (χ4v) is 6.01. The van der Waals surface area contributed by atoms with E-state index in [4.69, 9.17) is 23.2 Å². The molecule has 2 aromatic heterocycles. The molecule has 0 saturated heterocycles. The molecule has 0 aliphatic heterocycles. The summed E-state index contributed by atoms with van der Waals surface area (Å²) in [6.45, 7) is 0. The third-order valence-corrected chi connectivity index (χ3v) is 8.53. The second-order valence-corrected chi connectivity index (χ2v) is 11.0. The maximum atomic E-state index is 15.3. The Morgan fingerprint density at radius 3 is 2.50 bits per heavy atom. The predicted octanol–water partition coefficient (Wildman–Crippen LogP) is 6.79. The number of carbonyl (C=O) groups is 1. The van der Waals surface area contributed by atoms with Gasteiger partial charge in [0.2, 0.25) is 0 Å². The lowest BCUT2D eigenvalue weighted by atomic mass is 10.0. The number of H-pyrrole nitrogens is 1. The summed E-state index contributed by atoms with van der Waals surface area (Å²) in [5, 5.41) is 11.6. The molecule has 0 bridgehead atoms. The van der Waals surface area contributed by atoms with E-state index in [0.717, 1.165) is 0 Å². The van der Waals surface area contributed by atoms with Crippen LogP contribution in [0.1, 0.15) is 9.67 Å². The molecular weight excluding hydrogens is 546 g/mol. The number of fused-ring (bicyclic) bond motifs is 1. The molecule has 0 spiro atoms. The minimum atomic E-state index is -3.99. The number of aromatic amines is 1. The summed E-state index contributed by atoms with van der Waals surface area (Å²) >= 11 is 13.3. The summed E-state index contributed by atoms with van der Waals surface area (Å²) in [4.78, 5) is 12.7. The number of amides is 1. The minimum Gasteiger partial charge on any atom is -0.304 e. The van der Waals surface area contributed by atoms with Gasteiger partial charge in [-0.3, -0.25) is 14.6 Å². The Morgan fingerprint density at radius 1 is 1.00 bits per heavy atom. The molecule has 0 aliphatic carbocycles. The predicted molar refractivity (Wildman–Crippen MR) is 141 cm³/mol. The van der Waals surface area contributed by atoms with E-state index in [9.17, 15) is 13.2 Å². The molecule has 0 atom stereocenters. The van der Waals surface area contributed by atoms with Crippen LogP contribution in [0.3, 0.4) is 0 Å². The second kappa shape index (κ2) is 9.55. The van der Waals surface area contributed by atoms with Crippen molar-refractivity contribution in [3.8, 4) is 11.1 Å². The molecule has 0 aliphatic rings. The Hall–Kier alpha value is -3.44. The molecule has 36 heavy (non-hydrogen) atoms. The first kappa shape index (κ1) is 24.3. The Kier molecular flexibility index (Phi) is 6.44. The number of nitrogens with one attached hydrogen (secondary N) is 3. The van der Waals surface area contributed by atoms with Crippen molar-refractivity contribution in [1.29, 1.82) is 0 Å². The first-order chi connectivity index (χ1) is 17.2. The van der Waals surface area contributed by atoms with Crippen molar-refractivity contribution in [2.75, 3.05) is 10.0 Å². The summed E-state index contributed by atoms with van der Waals surface area (Å²) < 4.78 is 43.2. The third-order valence-electron chi connectivity index (χ3n) is 5.31. The van der Waals surface area contributed by atoms with Crippen LogP contribution in [0.2, 0.25) is 10.0 Å². The summed E-state index contributed by atoms with van der Waals surface area (Å²) in [6, 6.07) is 17.2. The first-order valence-corrected chi connectivity index (χ1v) is 13.4. The van der Waals surface area contributed by atoms with Gasteiger partial charge in [-0.15, -0.1) is 11.3 Å². The second-order valence-electron chi connectivity index (χ2n) is 7.59. The summed E-state index contributed by atoms with van der Waals surface area (Å²) in [6.07, 6.45) is 0. The average molecular weight is 561 g/mol. The lowest BCUT2D eigenvalue weighted by Gasteiger charge is -2.11. The van der Waals surface area contributed by atoms with Crippen LogP contribution in [0.4, 0.5) is 15.9 Å². The smallest absolute Gasteiger partial charge is 0.266 e. The minimum absolute atomic E-state index is 0.0795. The molecule has 182 valence electrons. The van der Waals surface area contributed by atoms with Gasteiger partial charge in [0.15, 0.2) is 11.6 Å². The van der Waals surface area contributed by atoms with Crippen LogP contribution >= 0.6 is 34.5 Å². The van der Waals surface area contributed by atoms with Gasteiger partial charge in [0, 0.05) is 16.6 Å². The van der Waals surface area contributed by atoms with Crippen LogP contribution < -0.4 is 10.0 Å². The highest BCUT2D eigenvalue weighted by Crippen LogP contribution is 2.33. The van der Waals surface area contributed by atoms with Crippen LogP contribution in [0.15, 0.2) is 77.0 Å². The van der Waals surface area contributed by atoms with Gasteiger partial charge >= 0.3 is 0 Å². The van der Waals surface area contributed by atoms with Crippen LogP contribution in [0, 0.1) is 5.82 Å². The van der Waals surface area contributed by atoms with E-state index >= 15 is 4.39 Å². The van der Waals surface area contributed by atoms with Gasteiger partial charge in [0.1, 0.15) is 10.4 Å². The Bertz CT molecular complexity index is 1700. The number of thiophene rings is 1. The zero-order valence-electron chi connectivity index (χ0n) is 18.1. The molecule has 5 rings (SSSR count). The summed E-state index contributed by atoms with van der Waals surface area (Å²) in [7, 11) is -3.99. The standard InChI is InChI=1S/C24H15Cl2FN4O3S2/c25-17-3-1-5-19(20(17)26)36(33,34)31-14-8-6-13(7-9-14)15-10-11-16-22(21(15)27)29-30-23(16)28-24(32)18-4-2-12-35-18/h1-12,31H,(H2,28,29,30,32). The largest absolute Gasteiger partial charge is 0.304 e. The maximum Gasteiger partial charge on any atom is 0.266 e. The number of sulfonamides is 1. The average Bonchev–Trinajstić information content (AvgIpc) is 3.53. The van der Waals surface area contributed by atoms with Crippen molar-refractivity contribution in [2.24, 2.45) is 0 Å². The number of aromatic nitrogens is 2. The van der Waals surface area contributed by atoms with Crippen molar-refractivity contribution < 1.29 is 17.6 Å². The zero-order valence-corrected chi connectivity index (χ0v) is 21.2. The molecule has 5 aromatic rings. The van der Waals surface area contributed by atoms with Crippen LogP contribution in [-0.2, 0) is 10.0 Å². The molecule has 1 amide bonds. The van der Waals surface area contributed by atoms with E-state index in [1.807, 2.05) is 0 Å². The number of benzene rings is 3. The zero-order chi connectivity index (χ0) is 25.4. The molecule has 12 heteroatoms. The molecule has 0 unspecified atom stereocenters. The highest BCUT2D eigenvalue weighted by molar-refractivity contribution is 7.92. The fourth-order valence-electron chi connectivity index (χ4n) is 3.57. The van der Waals surface area contributed by atoms with E-state index in [-0.39, 0.29) is 43.4 Å². The number of nitrogens with zero attached hydrogens (tertiary/aromatic N) is 1. The van der Waals surface area contributed by atoms with Gasteiger partial charge in [-0.1, -0.05) is 53.5 Å². The Morgan fingerprint density at radius 2 is 1.78 bits per heavy atom. The van der Waals surface area contributed by atoms with Gasteiger partial charge < -0.3 is 5.32 Å². The summed E-state index contributed by atoms with van der Waals surface area (Å²) in [5.41, 5.74) is 1.18. The monoisotopic (exact) mass is 560 g/mol. The van der Waals surface area contributed by atoms with Gasteiger partial charge in [0.25, 0.3) is 15.9 Å². The van der Waals surface area contributed by atoms with Gasteiger partial charge in [-0.05, 0) is 47.3 Å². The maximum absolute atomic E-state index is 15.3. The van der Waals surface area contributed by atoms with E-state index in [2.05, 4.69) is 20.2 Å². The lowest BCUT2D eigenvalue weighted by Crippen LogP contribution is -2.13. The van der Waals surface area contributed by atoms with E-state index in [1.54, 1.807) is 41.8 Å². The Labute approximate surface area is 218 Å². The number of hydrogen-bond acceptors (Lipinski definition) is 5. The lowest BCUT2D eigenvalue weighted by molar-refractivity contribution is 0.103. The highest BCUT2D eigenvalue weighted by Gasteiger charge is 2.20. The Balaban J connectivity index is 1.39. The normalized spacial score (nSPS) is 11.5. The molecule has 0 fully saturated rings. The van der Waals surface area contributed by atoms with Gasteiger partial charge in [-0.2, -0.15) is 5.10 Å². The molecular formula is C24H15Cl2FN4O3S2. The van der Waals surface area contributed by atoms with Crippen molar-refractivity contribution in [2.45, 2.75) is 4.90 Å². The van der Waals surface area contributed by atoms with E-state index in [1.165, 1.54) is 41.7 Å². The topological polar surface area (TPSA) is 104 Å². The van der Waals surface area contributed by atoms with Crippen molar-refractivity contribution in [1.82, 2.24) is 10.2 Å². The third kappa shape index (κ3) is 4.56. The number of anilines is 2. The molecule has 0 saturated carbocycles. The number of carbonyl (C=O) groups excluding carboxylic acids is 1. The van der Waals surface area contributed by atoms with Crippen molar-refractivity contribution >= 4 is 72.9 Å². The molecule has 3 aromatic carbocycles. The molecule has 0 radical (unpaired) electrons. The molecule has 7 nitrogen and oxygen atoms in total. The summed E-state index contributed by atoms with van der Waals surface area (Å²) in [5.74, 6) is -0.672. The van der Waals surface area contributed by atoms with E-state index in [0.29, 0.717) is 15.8 Å². The molecule has 3 N–H and O–H groups in total. The number of halogens is 3. The van der Waals surface area contributed by atoms with Gasteiger partial charge in [0.05, 0.1) is 14.9 Å². The quantitative estimate of drug-likeness (QED) is 0.212. The van der Waals surface area contributed by atoms with Crippen LogP contribution in [0.5, 0.6) is 0 Å². The SMILES string of the molecule is O=C(Nc1n[nH]c2c(F)c(-c3ccc(NS(=O)(=O)c4cccc(Cl)c4Cl)cc3)ccc12)c1cccs1. The fraction of sp³-hybridized carbons (Fsp3) is 0. The van der Waals surface area contributed by atoms with Crippen molar-refractivity contribution in [3.05, 3.63) is 92.8 Å². The van der Waals surface area contributed by atoms with Crippen LogP contribution in [-0.4, -0.2) is 24.5 Å². The highest BCUT2D eigenvalue weighted by atomic mass is 35.5. The van der Waals surface area contributed by atoms with E-state index < -0.39 is 15.8 Å².